The molecule has 6 saturated heterocycles. The van der Waals surface area contributed by atoms with E-state index in [1.54, 1.807) is 14.2 Å². The average Bonchev–Trinajstić information content (AvgIpc) is 4.20. The Morgan fingerprint density at radius 1 is 0.738 bits per heavy atom. The second-order valence-electron chi connectivity index (χ2n) is 19.8. The second-order valence-corrected chi connectivity index (χ2v) is 19.8. The van der Waals surface area contributed by atoms with Crippen LogP contribution in [-0.2, 0) is 38.0 Å². The van der Waals surface area contributed by atoms with Gasteiger partial charge in [-0.2, -0.15) is 0 Å². The van der Waals surface area contributed by atoms with Crippen LogP contribution in [0.2, 0.25) is 0 Å². The number of epoxide rings is 4. The smallest absolute Gasteiger partial charge is 0.328 e. The first kappa shape index (κ1) is 48.2. The third-order valence-electron chi connectivity index (χ3n) is 14.7. The van der Waals surface area contributed by atoms with E-state index in [0.717, 1.165) is 75.9 Å². The van der Waals surface area contributed by atoms with Crippen LogP contribution >= 0.6 is 0 Å². The van der Waals surface area contributed by atoms with Crippen molar-refractivity contribution < 1.29 is 43.1 Å². The summed E-state index contributed by atoms with van der Waals surface area (Å²) < 4.78 is 35.9. The minimum absolute atomic E-state index is 0.0370. The Morgan fingerprint density at radius 3 is 1.54 bits per heavy atom. The van der Waals surface area contributed by atoms with Gasteiger partial charge in [0.05, 0.1) is 49.5 Å². The van der Waals surface area contributed by atoms with Gasteiger partial charge in [-0.05, 0) is 162 Å². The first-order chi connectivity index (χ1) is 29.1. The normalized spacial score (nSPS) is 38.7. The first-order valence-electron chi connectivity index (χ1n) is 23.4. The third-order valence-corrected chi connectivity index (χ3v) is 14.7. The Labute approximate surface area is 366 Å². The number of hydrogen-bond donors (Lipinski definition) is 2. The van der Waals surface area contributed by atoms with Crippen molar-refractivity contribution >= 4 is 11.8 Å². The summed E-state index contributed by atoms with van der Waals surface area (Å²) in [5.41, 5.74) is 9.02. The molecule has 0 bridgehead atoms. The second kappa shape index (κ2) is 20.7. The maximum atomic E-state index is 12.7. The van der Waals surface area contributed by atoms with Crippen molar-refractivity contribution in [2.24, 2.45) is 17.6 Å². The highest BCUT2D eigenvalue weighted by Gasteiger charge is 2.72. The van der Waals surface area contributed by atoms with Crippen molar-refractivity contribution in [2.45, 2.75) is 165 Å². The number of rotatable bonds is 16. The van der Waals surface area contributed by atoms with Crippen molar-refractivity contribution in [1.29, 1.82) is 0 Å². The van der Waals surface area contributed by atoms with Gasteiger partial charge in [-0.1, -0.05) is 23.3 Å². The Hall–Kier alpha value is -2.26. The lowest BCUT2D eigenvalue weighted by molar-refractivity contribution is -0.131. The van der Waals surface area contributed by atoms with Crippen molar-refractivity contribution in [1.82, 2.24) is 9.80 Å². The van der Waals surface area contributed by atoms with Crippen LogP contribution in [-0.4, -0.2) is 147 Å². The zero-order valence-electron chi connectivity index (χ0n) is 38.8. The van der Waals surface area contributed by atoms with Crippen LogP contribution in [0.15, 0.2) is 46.6 Å². The number of carboxylic acids is 1. The van der Waals surface area contributed by atoms with Gasteiger partial charge in [-0.25, -0.2) is 4.79 Å². The number of carbonyl (C=O) groups is 2. The van der Waals surface area contributed by atoms with E-state index in [4.69, 9.17) is 39.3 Å². The molecule has 0 amide bonds. The van der Waals surface area contributed by atoms with Gasteiger partial charge in [-0.15, -0.1) is 0 Å². The topological polar surface area (TPSA) is 155 Å². The highest BCUT2D eigenvalue weighted by molar-refractivity contribution is 5.90. The lowest BCUT2D eigenvalue weighted by Gasteiger charge is -2.40. The summed E-state index contributed by atoms with van der Waals surface area (Å²) in [6.07, 6.45) is 19.7. The van der Waals surface area contributed by atoms with E-state index in [2.05, 4.69) is 63.5 Å². The SMILES string of the molecule is CO[C@@H]1C(=CC(=O)CCCN2CCCC2)CC[C@]2(CO2)[C@H]1[C@@]1(C)O[C@@H]1CC=C(C)C.CO[C@@H]1C(=CC(=O)O)CC[C@]2(CO2)[C@H]1[C@@]1(C)O[C@@H]1CC=C(C)C.NCCN1CCCC1. The minimum Gasteiger partial charge on any atom is -0.478 e. The van der Waals surface area contributed by atoms with E-state index in [0.29, 0.717) is 19.4 Å². The molecule has 0 aromatic carbocycles. The van der Waals surface area contributed by atoms with Gasteiger partial charge in [0.1, 0.15) is 22.4 Å². The molecule has 6 aliphatic heterocycles. The Morgan fingerprint density at radius 2 is 1.16 bits per heavy atom. The summed E-state index contributed by atoms with van der Waals surface area (Å²) in [5.74, 6) is -0.505. The minimum atomic E-state index is -0.920. The number of ketones is 1. The van der Waals surface area contributed by atoms with Crippen molar-refractivity contribution in [3.63, 3.8) is 0 Å². The number of likely N-dealkylation sites (tertiary alicyclic amines) is 2. The van der Waals surface area contributed by atoms with E-state index in [1.807, 2.05) is 6.08 Å². The number of nitrogens with zero attached hydrogens (tertiary/aromatic N) is 2. The Bertz CT molecular complexity index is 1630. The van der Waals surface area contributed by atoms with Crippen LogP contribution in [0.25, 0.3) is 0 Å². The molecule has 12 nitrogen and oxygen atoms in total. The molecule has 344 valence electrons. The van der Waals surface area contributed by atoms with E-state index >= 15 is 0 Å². The summed E-state index contributed by atoms with van der Waals surface area (Å²) in [5, 5.41) is 9.12. The predicted octanol–water partition coefficient (Wildman–Crippen LogP) is 6.81. The Kier molecular flexibility index (Phi) is 16.4. The molecule has 2 aliphatic carbocycles. The summed E-state index contributed by atoms with van der Waals surface area (Å²) in [4.78, 5) is 28.7. The number of hydrogen-bond acceptors (Lipinski definition) is 11. The zero-order valence-corrected chi connectivity index (χ0v) is 38.8. The van der Waals surface area contributed by atoms with Gasteiger partial charge >= 0.3 is 5.97 Å². The number of carbonyl (C=O) groups excluding carboxylic acids is 1. The molecule has 8 rings (SSSR count). The molecule has 6 heterocycles. The number of ether oxygens (including phenoxy) is 6. The maximum absolute atomic E-state index is 12.7. The first-order valence-corrected chi connectivity index (χ1v) is 23.4. The molecule has 10 atom stereocenters. The fraction of sp³-hybridized carbons (Fsp3) is 0.796. The maximum Gasteiger partial charge on any atom is 0.328 e. The van der Waals surface area contributed by atoms with Gasteiger partial charge in [0, 0.05) is 39.8 Å². The van der Waals surface area contributed by atoms with Crippen LogP contribution in [0.5, 0.6) is 0 Å². The van der Waals surface area contributed by atoms with Crippen LogP contribution in [0.1, 0.15) is 119 Å². The molecule has 0 aromatic heterocycles. The van der Waals surface area contributed by atoms with Gasteiger partial charge in [-0.3, -0.25) is 4.79 Å². The Balaban J connectivity index is 0.000000177. The third kappa shape index (κ3) is 11.9. The standard InChI is InChI=1S/C25H39NO4.C18H26O5.C6H14N2/c1-18(2)9-10-21-24(3,30-21)23-22(28-4)19(11-12-25(23)17-29-25)16-20(27)8-7-15-26-13-5-6-14-26;1-11(2)5-6-13-17(3,23-13)16-15(21-4)12(9-14(19)20)7-8-18(16)10-22-18;7-3-6-8-4-1-2-5-8/h9,16,21-23H,5-8,10-15,17H2,1-4H3;5,9,13,15-16H,6-8,10H2,1-4H3,(H,19,20);1-7H2/t21-,22-,23-,24+,25+;13-,15-,16-,17+,18+;/m11./s1. The number of allylic oxidation sites excluding steroid dienone is 3. The van der Waals surface area contributed by atoms with Crippen LogP contribution in [0.4, 0.5) is 0 Å². The van der Waals surface area contributed by atoms with Crippen LogP contribution in [0.3, 0.4) is 0 Å². The largest absolute Gasteiger partial charge is 0.478 e. The molecule has 0 aromatic rings. The number of aliphatic carboxylic acids is 1. The van der Waals surface area contributed by atoms with Crippen molar-refractivity contribution in [2.75, 3.05) is 73.2 Å². The molecule has 0 unspecified atom stereocenters. The molecular weight excluding hydrogens is 775 g/mol. The molecule has 2 saturated carbocycles. The number of methoxy groups -OCH3 is 2. The number of carboxylic acid groups (broad SMARTS) is 1. The van der Waals surface area contributed by atoms with Gasteiger partial charge in [0.25, 0.3) is 0 Å². The lowest BCUT2D eigenvalue weighted by atomic mass is 9.67. The molecule has 61 heavy (non-hydrogen) atoms. The van der Waals surface area contributed by atoms with E-state index in [9.17, 15) is 9.59 Å². The van der Waals surface area contributed by atoms with Gasteiger partial charge in [0.2, 0.25) is 0 Å². The quantitative estimate of drug-likeness (QED) is 0.0952. The predicted molar refractivity (Wildman–Crippen MR) is 238 cm³/mol. The molecule has 3 N–H and O–H groups in total. The fourth-order valence-corrected chi connectivity index (χ4v) is 11.1. The monoisotopic (exact) mass is 854 g/mol. The molecule has 8 fully saturated rings. The average molecular weight is 854 g/mol. The highest BCUT2D eigenvalue weighted by Crippen LogP contribution is 2.61. The summed E-state index contributed by atoms with van der Waals surface area (Å²) >= 11 is 0. The van der Waals surface area contributed by atoms with Crippen molar-refractivity contribution in [3.8, 4) is 0 Å². The van der Waals surface area contributed by atoms with Crippen LogP contribution < -0.4 is 5.73 Å². The van der Waals surface area contributed by atoms with E-state index < -0.39 is 5.97 Å². The fourth-order valence-electron chi connectivity index (χ4n) is 11.1. The number of nitrogens with two attached hydrogens (primary N) is 1. The molecule has 0 radical (unpaired) electrons. The summed E-state index contributed by atoms with van der Waals surface area (Å²) in [7, 11) is 3.41. The van der Waals surface area contributed by atoms with Gasteiger partial charge < -0.3 is 49.1 Å². The summed E-state index contributed by atoms with van der Waals surface area (Å²) in [6.45, 7) is 22.1. The highest BCUT2D eigenvalue weighted by atomic mass is 16.6. The lowest BCUT2D eigenvalue weighted by Crippen LogP contribution is -2.50. The molecule has 8 aliphatic rings. The molecule has 12 heteroatoms. The molecule has 2 spiro atoms. The van der Waals surface area contributed by atoms with E-state index in [-0.39, 0.29) is 64.4 Å². The van der Waals surface area contributed by atoms with E-state index in [1.165, 1.54) is 69.1 Å². The summed E-state index contributed by atoms with van der Waals surface area (Å²) in [6, 6.07) is 0. The van der Waals surface area contributed by atoms with Crippen molar-refractivity contribution in [3.05, 3.63) is 46.6 Å². The van der Waals surface area contributed by atoms with Gasteiger partial charge in [0.15, 0.2) is 5.78 Å². The van der Waals surface area contributed by atoms with Crippen LogP contribution in [0, 0.1) is 11.8 Å². The molecular formula is C49H79N3O9. The zero-order chi connectivity index (χ0) is 44.0.